The molecule has 1 N–H and O–H groups in total. The largest absolute Gasteiger partial charge is 0.373 e. The molecule has 3 aliphatic rings. The molecule has 3 heterocycles. The average molecular weight is 328 g/mol. The van der Waals surface area contributed by atoms with Crippen LogP contribution in [-0.2, 0) is 17.7 Å². The third-order valence-corrected chi connectivity index (χ3v) is 5.59. The molecule has 0 bridgehead atoms. The van der Waals surface area contributed by atoms with Crippen LogP contribution >= 0.6 is 0 Å². The molecule has 0 spiro atoms. The van der Waals surface area contributed by atoms with Crippen molar-refractivity contribution in [2.45, 2.75) is 38.0 Å². The molecule has 0 aromatic heterocycles. The number of ether oxygens (including phenoxy) is 1. The Hall–Kier alpha value is -1.59. The minimum atomic E-state index is 0.271. The lowest BCUT2D eigenvalue weighted by Gasteiger charge is -2.36. The van der Waals surface area contributed by atoms with E-state index in [0.29, 0.717) is 6.04 Å². The van der Waals surface area contributed by atoms with Crippen molar-refractivity contribution in [3.8, 4) is 0 Å². The summed E-state index contributed by atoms with van der Waals surface area (Å²) in [6.07, 6.45) is 3.98. The molecule has 2 saturated heterocycles. The van der Waals surface area contributed by atoms with Gasteiger partial charge in [-0.05, 0) is 36.9 Å². The van der Waals surface area contributed by atoms with E-state index < -0.39 is 0 Å². The van der Waals surface area contributed by atoms with Gasteiger partial charge in [-0.25, -0.2) is 0 Å². The Morgan fingerprint density at radius 1 is 1.29 bits per heavy atom. The third kappa shape index (κ3) is 3.28. The fourth-order valence-electron chi connectivity index (χ4n) is 4.22. The van der Waals surface area contributed by atoms with Gasteiger partial charge in [-0.2, -0.15) is 0 Å². The molecule has 130 valence electrons. The van der Waals surface area contributed by atoms with Crippen molar-refractivity contribution in [3.63, 3.8) is 0 Å². The first-order valence-electron chi connectivity index (χ1n) is 9.21. The highest BCUT2D eigenvalue weighted by Gasteiger charge is 2.32. The molecule has 1 aromatic rings. The second kappa shape index (κ2) is 7.11. The van der Waals surface area contributed by atoms with E-state index in [1.165, 1.54) is 30.5 Å². The molecule has 2 unspecified atom stereocenters. The van der Waals surface area contributed by atoms with Crippen molar-refractivity contribution in [3.05, 3.63) is 35.4 Å². The van der Waals surface area contributed by atoms with Crippen LogP contribution in [-0.4, -0.2) is 67.7 Å². The van der Waals surface area contributed by atoms with E-state index in [-0.39, 0.29) is 6.10 Å². The first-order valence-corrected chi connectivity index (χ1v) is 9.21. The maximum Gasteiger partial charge on any atom is 0.194 e. The van der Waals surface area contributed by atoms with Gasteiger partial charge in [0.2, 0.25) is 0 Å². The quantitative estimate of drug-likeness (QED) is 0.659. The lowest BCUT2D eigenvalue weighted by Crippen LogP contribution is -2.52. The fraction of sp³-hybridized carbons (Fsp3) is 0.632. The normalized spacial score (nSPS) is 27.7. The van der Waals surface area contributed by atoms with Crippen molar-refractivity contribution in [2.75, 3.05) is 39.8 Å². The van der Waals surface area contributed by atoms with Crippen LogP contribution in [0.15, 0.2) is 29.3 Å². The Morgan fingerprint density at radius 2 is 2.17 bits per heavy atom. The van der Waals surface area contributed by atoms with Crippen LogP contribution in [0.5, 0.6) is 0 Å². The summed E-state index contributed by atoms with van der Waals surface area (Å²) in [6.45, 7) is 5.99. The monoisotopic (exact) mass is 328 g/mol. The third-order valence-electron chi connectivity index (χ3n) is 5.59. The number of morpholine rings is 1. The second-order valence-corrected chi connectivity index (χ2v) is 7.11. The standard InChI is InChI=1S/C19H28N4O/c1-20-19(23-10-8-15-5-2-3-6-16(15)12-23)21-11-18-13-22-9-4-7-17(22)14-24-18/h2-3,5-6,17-18H,4,7-14H2,1H3,(H,20,21). The molecule has 5 nitrogen and oxygen atoms in total. The van der Waals surface area contributed by atoms with Crippen molar-refractivity contribution in [2.24, 2.45) is 4.99 Å². The van der Waals surface area contributed by atoms with Crippen LogP contribution in [0, 0.1) is 0 Å². The van der Waals surface area contributed by atoms with Crippen LogP contribution in [0.3, 0.4) is 0 Å². The molecule has 0 aliphatic carbocycles. The summed E-state index contributed by atoms with van der Waals surface area (Å²) < 4.78 is 6.05. The zero-order chi connectivity index (χ0) is 16.4. The zero-order valence-electron chi connectivity index (χ0n) is 14.6. The highest BCUT2D eigenvalue weighted by Crippen LogP contribution is 2.22. The van der Waals surface area contributed by atoms with Crippen molar-refractivity contribution < 1.29 is 4.74 Å². The van der Waals surface area contributed by atoms with E-state index in [2.05, 4.69) is 44.4 Å². The Labute approximate surface area is 144 Å². The predicted molar refractivity (Wildman–Crippen MR) is 96.3 cm³/mol. The second-order valence-electron chi connectivity index (χ2n) is 7.11. The topological polar surface area (TPSA) is 40.1 Å². The van der Waals surface area contributed by atoms with Crippen molar-refractivity contribution in [1.82, 2.24) is 15.1 Å². The van der Waals surface area contributed by atoms with Gasteiger partial charge < -0.3 is 15.0 Å². The minimum absolute atomic E-state index is 0.271. The maximum absolute atomic E-state index is 6.05. The molecule has 1 aromatic carbocycles. The number of hydrogen-bond acceptors (Lipinski definition) is 3. The number of guanidine groups is 1. The first-order chi connectivity index (χ1) is 11.8. The number of fused-ring (bicyclic) bond motifs is 2. The Morgan fingerprint density at radius 3 is 3.04 bits per heavy atom. The number of nitrogens with one attached hydrogen (secondary N) is 1. The molecule has 0 saturated carbocycles. The van der Waals surface area contributed by atoms with Crippen LogP contribution < -0.4 is 5.32 Å². The molecule has 0 radical (unpaired) electrons. The molecule has 2 atom stereocenters. The Kier molecular flexibility index (Phi) is 4.72. The molecule has 24 heavy (non-hydrogen) atoms. The van der Waals surface area contributed by atoms with Gasteiger partial charge in [0.25, 0.3) is 0 Å². The van der Waals surface area contributed by atoms with Gasteiger partial charge in [0.1, 0.15) is 0 Å². The zero-order valence-corrected chi connectivity index (χ0v) is 14.6. The predicted octanol–water partition coefficient (Wildman–Crippen LogP) is 1.48. The van der Waals surface area contributed by atoms with Gasteiger partial charge in [0, 0.05) is 39.3 Å². The number of hydrogen-bond donors (Lipinski definition) is 1. The van der Waals surface area contributed by atoms with E-state index in [1.807, 2.05) is 7.05 Å². The highest BCUT2D eigenvalue weighted by molar-refractivity contribution is 5.80. The smallest absolute Gasteiger partial charge is 0.194 e. The summed E-state index contributed by atoms with van der Waals surface area (Å²) in [6, 6.07) is 9.39. The van der Waals surface area contributed by atoms with Crippen LogP contribution in [0.4, 0.5) is 0 Å². The van der Waals surface area contributed by atoms with Gasteiger partial charge >= 0.3 is 0 Å². The summed E-state index contributed by atoms with van der Waals surface area (Å²) in [5.41, 5.74) is 2.89. The number of aliphatic imine (C=N–C) groups is 1. The van der Waals surface area contributed by atoms with Crippen LogP contribution in [0.25, 0.3) is 0 Å². The van der Waals surface area contributed by atoms with Crippen LogP contribution in [0.1, 0.15) is 24.0 Å². The fourth-order valence-corrected chi connectivity index (χ4v) is 4.22. The lowest BCUT2D eigenvalue weighted by molar-refractivity contribution is -0.0455. The molecule has 3 aliphatic heterocycles. The minimum Gasteiger partial charge on any atom is -0.373 e. The lowest BCUT2D eigenvalue weighted by atomic mass is 10.0. The van der Waals surface area contributed by atoms with Gasteiger partial charge in [-0.3, -0.25) is 9.89 Å². The Bertz CT molecular complexity index is 603. The Balaban J connectivity index is 1.32. The summed E-state index contributed by atoms with van der Waals surface area (Å²) >= 11 is 0. The number of nitrogens with zero attached hydrogens (tertiary/aromatic N) is 3. The van der Waals surface area contributed by atoms with Crippen molar-refractivity contribution in [1.29, 1.82) is 0 Å². The van der Waals surface area contributed by atoms with E-state index in [4.69, 9.17) is 4.74 Å². The summed E-state index contributed by atoms with van der Waals surface area (Å²) in [5, 5.41) is 3.54. The van der Waals surface area contributed by atoms with Gasteiger partial charge in [0.05, 0.1) is 12.7 Å². The molecular weight excluding hydrogens is 300 g/mol. The molecule has 5 heteroatoms. The summed E-state index contributed by atoms with van der Waals surface area (Å²) in [7, 11) is 1.88. The number of rotatable bonds is 2. The van der Waals surface area contributed by atoms with Crippen LogP contribution in [0.2, 0.25) is 0 Å². The highest BCUT2D eigenvalue weighted by atomic mass is 16.5. The molecule has 4 rings (SSSR count). The number of benzene rings is 1. The van der Waals surface area contributed by atoms with E-state index in [1.54, 1.807) is 0 Å². The summed E-state index contributed by atoms with van der Waals surface area (Å²) in [5.74, 6) is 0.997. The SMILES string of the molecule is CN=C(NCC1CN2CCCC2CO1)N1CCc2ccccc2C1. The van der Waals surface area contributed by atoms with E-state index >= 15 is 0 Å². The average Bonchev–Trinajstić information content (AvgIpc) is 3.10. The van der Waals surface area contributed by atoms with Gasteiger partial charge in [-0.1, -0.05) is 24.3 Å². The molecule has 2 fully saturated rings. The first kappa shape index (κ1) is 15.9. The van der Waals surface area contributed by atoms with E-state index in [0.717, 1.165) is 45.2 Å². The summed E-state index contributed by atoms with van der Waals surface area (Å²) in [4.78, 5) is 9.44. The van der Waals surface area contributed by atoms with Crippen molar-refractivity contribution >= 4 is 5.96 Å². The van der Waals surface area contributed by atoms with Gasteiger partial charge in [0.15, 0.2) is 5.96 Å². The van der Waals surface area contributed by atoms with E-state index in [9.17, 15) is 0 Å². The molecule has 0 amide bonds. The van der Waals surface area contributed by atoms with Gasteiger partial charge in [-0.15, -0.1) is 0 Å². The molecular formula is C19H28N4O. The maximum atomic E-state index is 6.05.